The van der Waals surface area contributed by atoms with E-state index in [0.717, 1.165) is 22.5 Å². The maximum atomic E-state index is 6.39. The molecule has 1 aromatic heterocycles. The molecule has 1 heterocycles. The van der Waals surface area contributed by atoms with E-state index < -0.39 is 0 Å². The second kappa shape index (κ2) is 7.39. The molecule has 1 aliphatic carbocycles. The van der Waals surface area contributed by atoms with Crippen molar-refractivity contribution < 1.29 is 0 Å². The average molecular weight is 325 g/mol. The van der Waals surface area contributed by atoms with Crippen LogP contribution in [-0.4, -0.2) is 11.0 Å². The predicted molar refractivity (Wildman–Crippen MR) is 84.0 cm³/mol. The molecule has 1 fully saturated rings. The summed E-state index contributed by atoms with van der Waals surface area (Å²) in [6, 6.07) is 4.40. The Hall–Kier alpha value is -0.410. The quantitative estimate of drug-likeness (QED) is 0.875. The Morgan fingerprint density at radius 3 is 2.63 bits per heavy atom. The van der Waals surface area contributed by atoms with Crippen LogP contribution < -0.4 is 5.73 Å². The summed E-state index contributed by atoms with van der Waals surface area (Å²) < 4.78 is 1.03. The van der Waals surface area contributed by atoms with Crippen LogP contribution in [0.4, 0.5) is 0 Å². The minimum absolute atomic E-state index is 0.274. The summed E-state index contributed by atoms with van der Waals surface area (Å²) in [5, 5.41) is 0. The number of rotatable bonds is 5. The molecule has 1 unspecified atom stereocenters. The lowest BCUT2D eigenvalue weighted by atomic mass is 9.76. The van der Waals surface area contributed by atoms with Gasteiger partial charge in [-0.3, -0.25) is 4.98 Å². The summed E-state index contributed by atoms with van der Waals surface area (Å²) >= 11 is 3.42. The first kappa shape index (κ1) is 15.0. The van der Waals surface area contributed by atoms with Gasteiger partial charge in [0.25, 0.3) is 0 Å². The normalized spacial score (nSPS) is 25.2. The first-order valence-electron chi connectivity index (χ1n) is 7.55. The SMILES string of the molecule is CCCC1CCC(C(N)Cc2ccc(Br)cn2)CC1. The van der Waals surface area contributed by atoms with E-state index >= 15 is 0 Å². The molecule has 2 rings (SSSR count). The van der Waals surface area contributed by atoms with Crippen molar-refractivity contribution in [2.75, 3.05) is 0 Å². The largest absolute Gasteiger partial charge is 0.327 e. The Morgan fingerprint density at radius 1 is 1.32 bits per heavy atom. The van der Waals surface area contributed by atoms with Crippen LogP contribution >= 0.6 is 15.9 Å². The minimum Gasteiger partial charge on any atom is -0.327 e. The molecule has 0 amide bonds. The lowest BCUT2D eigenvalue weighted by Crippen LogP contribution is -2.35. The molecule has 0 aromatic carbocycles. The average Bonchev–Trinajstić information content (AvgIpc) is 2.42. The second-order valence-corrected chi connectivity index (χ2v) is 6.82. The van der Waals surface area contributed by atoms with Gasteiger partial charge in [0.2, 0.25) is 0 Å². The van der Waals surface area contributed by atoms with Gasteiger partial charge in [-0.2, -0.15) is 0 Å². The van der Waals surface area contributed by atoms with Crippen molar-refractivity contribution in [3.05, 3.63) is 28.5 Å². The Labute approximate surface area is 125 Å². The molecule has 1 aromatic rings. The van der Waals surface area contributed by atoms with E-state index in [4.69, 9.17) is 5.73 Å². The second-order valence-electron chi connectivity index (χ2n) is 5.91. The van der Waals surface area contributed by atoms with Crippen molar-refractivity contribution in [2.45, 2.75) is 57.9 Å². The molecule has 3 heteroatoms. The third-order valence-corrected chi connectivity index (χ3v) is 4.90. The molecule has 106 valence electrons. The van der Waals surface area contributed by atoms with Crippen LogP contribution in [0.3, 0.4) is 0 Å². The summed E-state index contributed by atoms with van der Waals surface area (Å²) in [4.78, 5) is 4.43. The summed E-state index contributed by atoms with van der Waals surface area (Å²) in [6.07, 6.45) is 10.9. The zero-order chi connectivity index (χ0) is 13.7. The molecule has 0 aliphatic heterocycles. The number of nitrogens with zero attached hydrogens (tertiary/aromatic N) is 1. The Kier molecular flexibility index (Phi) is 5.83. The topological polar surface area (TPSA) is 38.9 Å². The van der Waals surface area contributed by atoms with Gasteiger partial charge in [0, 0.05) is 28.8 Å². The van der Waals surface area contributed by atoms with Crippen LogP contribution in [0.25, 0.3) is 0 Å². The number of halogens is 1. The van der Waals surface area contributed by atoms with Crippen LogP contribution in [0.2, 0.25) is 0 Å². The van der Waals surface area contributed by atoms with Crippen LogP contribution in [-0.2, 0) is 6.42 Å². The molecule has 0 spiro atoms. The Balaban J connectivity index is 1.81. The molecule has 1 aliphatic rings. The fraction of sp³-hybridized carbons (Fsp3) is 0.688. The third-order valence-electron chi connectivity index (χ3n) is 4.43. The lowest BCUT2D eigenvalue weighted by Gasteiger charge is -2.32. The van der Waals surface area contributed by atoms with Crippen molar-refractivity contribution in [1.82, 2.24) is 4.98 Å². The fourth-order valence-corrected chi connectivity index (χ4v) is 3.48. The van der Waals surface area contributed by atoms with Gasteiger partial charge in [-0.05, 0) is 52.7 Å². The smallest absolute Gasteiger partial charge is 0.0420 e. The predicted octanol–water partition coefficient (Wildman–Crippen LogP) is 4.32. The summed E-state index contributed by atoms with van der Waals surface area (Å²) in [5.74, 6) is 1.65. The molecular formula is C16H25BrN2. The third kappa shape index (κ3) is 4.57. The molecule has 19 heavy (non-hydrogen) atoms. The van der Waals surface area contributed by atoms with E-state index in [1.807, 2.05) is 12.3 Å². The van der Waals surface area contributed by atoms with Gasteiger partial charge in [0.05, 0.1) is 0 Å². The highest BCUT2D eigenvalue weighted by atomic mass is 79.9. The van der Waals surface area contributed by atoms with Crippen LogP contribution in [0.5, 0.6) is 0 Å². The van der Waals surface area contributed by atoms with Crippen LogP contribution in [0.1, 0.15) is 51.1 Å². The molecule has 2 N–H and O–H groups in total. The van der Waals surface area contributed by atoms with Crippen molar-refractivity contribution in [2.24, 2.45) is 17.6 Å². The van der Waals surface area contributed by atoms with Gasteiger partial charge >= 0.3 is 0 Å². The number of nitrogens with two attached hydrogens (primary N) is 1. The Morgan fingerprint density at radius 2 is 2.05 bits per heavy atom. The van der Waals surface area contributed by atoms with Gasteiger partial charge in [-0.15, -0.1) is 0 Å². The van der Waals surface area contributed by atoms with E-state index in [1.165, 1.54) is 38.5 Å². The lowest BCUT2D eigenvalue weighted by molar-refractivity contribution is 0.232. The van der Waals surface area contributed by atoms with Crippen LogP contribution in [0.15, 0.2) is 22.8 Å². The highest BCUT2D eigenvalue weighted by Gasteiger charge is 2.25. The fourth-order valence-electron chi connectivity index (χ4n) is 3.25. The van der Waals surface area contributed by atoms with E-state index in [2.05, 4.69) is 33.9 Å². The van der Waals surface area contributed by atoms with Gasteiger partial charge < -0.3 is 5.73 Å². The van der Waals surface area contributed by atoms with E-state index in [1.54, 1.807) is 0 Å². The maximum Gasteiger partial charge on any atom is 0.0420 e. The van der Waals surface area contributed by atoms with Gasteiger partial charge in [0.1, 0.15) is 0 Å². The highest BCUT2D eigenvalue weighted by molar-refractivity contribution is 9.10. The Bertz CT molecular complexity index is 369. The summed E-state index contributed by atoms with van der Waals surface area (Å²) in [5.41, 5.74) is 7.50. The molecule has 0 radical (unpaired) electrons. The maximum absolute atomic E-state index is 6.39. The molecule has 1 atom stereocenters. The molecule has 0 saturated heterocycles. The molecule has 1 saturated carbocycles. The molecule has 0 bridgehead atoms. The van der Waals surface area contributed by atoms with Crippen molar-refractivity contribution in [3.63, 3.8) is 0 Å². The van der Waals surface area contributed by atoms with Crippen molar-refractivity contribution in [3.8, 4) is 0 Å². The molecule has 2 nitrogen and oxygen atoms in total. The van der Waals surface area contributed by atoms with E-state index in [-0.39, 0.29) is 6.04 Å². The first-order chi connectivity index (χ1) is 9.19. The minimum atomic E-state index is 0.274. The van der Waals surface area contributed by atoms with Crippen LogP contribution in [0, 0.1) is 11.8 Å². The summed E-state index contributed by atoms with van der Waals surface area (Å²) in [6.45, 7) is 2.29. The number of hydrogen-bond donors (Lipinski definition) is 1. The first-order valence-corrected chi connectivity index (χ1v) is 8.34. The van der Waals surface area contributed by atoms with E-state index in [9.17, 15) is 0 Å². The molecular weight excluding hydrogens is 300 g/mol. The number of pyridine rings is 1. The zero-order valence-electron chi connectivity index (χ0n) is 11.8. The van der Waals surface area contributed by atoms with Gasteiger partial charge in [-0.25, -0.2) is 0 Å². The van der Waals surface area contributed by atoms with E-state index in [0.29, 0.717) is 5.92 Å². The monoisotopic (exact) mass is 324 g/mol. The standard InChI is InChI=1S/C16H25BrN2/c1-2-3-12-4-6-13(7-5-12)16(18)10-15-9-8-14(17)11-19-15/h8-9,11-13,16H,2-7,10,18H2,1H3. The number of aromatic nitrogens is 1. The van der Waals surface area contributed by atoms with Gasteiger partial charge in [0.15, 0.2) is 0 Å². The van der Waals surface area contributed by atoms with Crippen molar-refractivity contribution in [1.29, 1.82) is 0 Å². The zero-order valence-corrected chi connectivity index (χ0v) is 13.4. The summed E-state index contributed by atoms with van der Waals surface area (Å²) in [7, 11) is 0. The number of hydrogen-bond acceptors (Lipinski definition) is 2. The highest BCUT2D eigenvalue weighted by Crippen LogP contribution is 2.33. The van der Waals surface area contributed by atoms with Crippen molar-refractivity contribution >= 4 is 15.9 Å². The van der Waals surface area contributed by atoms with Gasteiger partial charge in [-0.1, -0.05) is 32.6 Å².